The molecule has 1 aliphatic heterocycles. The number of piperidine rings is 1. The summed E-state index contributed by atoms with van der Waals surface area (Å²) in [5, 5.41) is 3.52. The van der Waals surface area contributed by atoms with Crippen LogP contribution < -0.4 is 10.2 Å². The number of aromatic nitrogens is 1. The largest absolute Gasteiger partial charge is 0.379 e. The maximum absolute atomic E-state index is 5.63. The van der Waals surface area contributed by atoms with Gasteiger partial charge in [-0.15, -0.1) is 0 Å². The zero-order chi connectivity index (χ0) is 15.2. The first-order valence-electron chi connectivity index (χ1n) is 8.03. The second-order valence-corrected chi connectivity index (χ2v) is 6.52. The van der Waals surface area contributed by atoms with Gasteiger partial charge in [-0.25, -0.2) is 0 Å². The molecule has 2 rings (SSSR count). The Morgan fingerprint density at radius 2 is 2.29 bits per heavy atom. The minimum Gasteiger partial charge on any atom is -0.379 e. The molecule has 0 radical (unpaired) electrons. The van der Waals surface area contributed by atoms with Gasteiger partial charge in [0, 0.05) is 50.4 Å². The average molecular weight is 291 g/mol. The predicted octanol–water partition coefficient (Wildman–Crippen LogP) is 2.69. The summed E-state index contributed by atoms with van der Waals surface area (Å²) in [4.78, 5) is 6.74. The molecule has 21 heavy (non-hydrogen) atoms. The molecule has 4 heteroatoms. The Labute approximate surface area is 128 Å². The third kappa shape index (κ3) is 4.42. The van der Waals surface area contributed by atoms with E-state index in [1.54, 1.807) is 0 Å². The van der Waals surface area contributed by atoms with Crippen LogP contribution in [0.25, 0.3) is 0 Å². The zero-order valence-corrected chi connectivity index (χ0v) is 13.8. The van der Waals surface area contributed by atoms with Crippen LogP contribution in [0.1, 0.15) is 32.8 Å². The minimum absolute atomic E-state index is 0.323. The van der Waals surface area contributed by atoms with Gasteiger partial charge in [-0.1, -0.05) is 20.8 Å². The molecule has 1 fully saturated rings. The molecule has 2 unspecified atom stereocenters. The van der Waals surface area contributed by atoms with Gasteiger partial charge in [-0.3, -0.25) is 4.98 Å². The molecule has 1 aromatic heterocycles. The number of hydrogen-bond donors (Lipinski definition) is 1. The van der Waals surface area contributed by atoms with Gasteiger partial charge in [-0.2, -0.15) is 0 Å². The van der Waals surface area contributed by atoms with Crippen molar-refractivity contribution in [2.45, 2.75) is 39.8 Å². The Hall–Kier alpha value is -1.13. The Morgan fingerprint density at radius 3 is 3.00 bits per heavy atom. The van der Waals surface area contributed by atoms with Crippen LogP contribution in [-0.4, -0.2) is 37.8 Å². The van der Waals surface area contributed by atoms with Crippen LogP contribution in [0.15, 0.2) is 18.5 Å². The first-order chi connectivity index (χ1) is 10.1. The topological polar surface area (TPSA) is 37.4 Å². The molecular formula is C17H29N3O. The van der Waals surface area contributed by atoms with Crippen LogP contribution >= 0.6 is 0 Å². The van der Waals surface area contributed by atoms with Crippen molar-refractivity contribution in [3.63, 3.8) is 0 Å². The number of ether oxygens (including phenoxy) is 1. The first kappa shape index (κ1) is 16.2. The summed E-state index contributed by atoms with van der Waals surface area (Å²) in [6, 6.07) is 2.13. The van der Waals surface area contributed by atoms with E-state index in [9.17, 15) is 0 Å². The predicted molar refractivity (Wildman–Crippen MR) is 87.6 cm³/mol. The fourth-order valence-corrected chi connectivity index (χ4v) is 2.92. The van der Waals surface area contributed by atoms with Crippen LogP contribution in [0.2, 0.25) is 0 Å². The molecule has 0 spiro atoms. The maximum atomic E-state index is 5.63. The molecule has 1 aliphatic rings. The van der Waals surface area contributed by atoms with Gasteiger partial charge in [-0.05, 0) is 30.9 Å². The molecule has 1 aromatic rings. The molecule has 0 saturated carbocycles. The smallest absolute Gasteiger partial charge is 0.0772 e. The van der Waals surface area contributed by atoms with Gasteiger partial charge in [0.15, 0.2) is 0 Å². The van der Waals surface area contributed by atoms with Crippen LogP contribution in [-0.2, 0) is 11.3 Å². The van der Waals surface area contributed by atoms with Crippen molar-refractivity contribution in [3.8, 4) is 0 Å². The number of hydrogen-bond acceptors (Lipinski definition) is 4. The van der Waals surface area contributed by atoms with Gasteiger partial charge in [0.05, 0.1) is 6.10 Å². The molecule has 118 valence electrons. The van der Waals surface area contributed by atoms with Gasteiger partial charge in [0.25, 0.3) is 0 Å². The highest BCUT2D eigenvalue weighted by Crippen LogP contribution is 2.27. The fraction of sp³-hybridized carbons (Fsp3) is 0.706. The average Bonchev–Trinajstić information content (AvgIpc) is 2.48. The summed E-state index contributed by atoms with van der Waals surface area (Å²) in [6.07, 6.45) is 5.38. The quantitative estimate of drug-likeness (QED) is 0.874. The van der Waals surface area contributed by atoms with Crippen LogP contribution in [0, 0.1) is 11.8 Å². The Balaban J connectivity index is 2.05. The van der Waals surface area contributed by atoms with Crippen LogP contribution in [0.5, 0.6) is 0 Å². The monoisotopic (exact) mass is 291 g/mol. The highest BCUT2D eigenvalue weighted by atomic mass is 16.5. The number of methoxy groups -OCH3 is 1. The van der Waals surface area contributed by atoms with Crippen LogP contribution in [0.4, 0.5) is 5.69 Å². The molecule has 0 amide bonds. The first-order valence-corrected chi connectivity index (χ1v) is 8.03. The van der Waals surface area contributed by atoms with E-state index in [0.29, 0.717) is 17.9 Å². The number of pyridine rings is 1. The molecule has 4 nitrogen and oxygen atoms in total. The van der Waals surface area contributed by atoms with E-state index in [0.717, 1.165) is 26.2 Å². The van der Waals surface area contributed by atoms with Gasteiger partial charge in [0.2, 0.25) is 0 Å². The van der Waals surface area contributed by atoms with Gasteiger partial charge in [0.1, 0.15) is 0 Å². The fourth-order valence-electron chi connectivity index (χ4n) is 2.92. The SMILES string of the molecule is COC1CN(c2ccncc2CNCC(C)C)CCC1C. The van der Waals surface area contributed by atoms with E-state index in [4.69, 9.17) is 4.74 Å². The van der Waals surface area contributed by atoms with Gasteiger partial charge >= 0.3 is 0 Å². The van der Waals surface area contributed by atoms with Crippen molar-refractivity contribution in [3.05, 3.63) is 24.0 Å². The van der Waals surface area contributed by atoms with E-state index in [-0.39, 0.29) is 0 Å². The van der Waals surface area contributed by atoms with E-state index >= 15 is 0 Å². The lowest BCUT2D eigenvalue weighted by Gasteiger charge is -2.38. The third-order valence-corrected chi connectivity index (χ3v) is 4.28. The lowest BCUT2D eigenvalue weighted by atomic mass is 9.95. The number of rotatable bonds is 6. The highest BCUT2D eigenvalue weighted by Gasteiger charge is 2.27. The number of nitrogens with one attached hydrogen (secondary N) is 1. The molecule has 2 heterocycles. The molecule has 2 atom stereocenters. The van der Waals surface area contributed by atoms with E-state index < -0.39 is 0 Å². The highest BCUT2D eigenvalue weighted by molar-refractivity contribution is 5.52. The standard InChI is InChI=1S/C17H29N3O/c1-13(2)9-19-11-15-10-18-7-5-16(15)20-8-6-14(3)17(12-20)21-4/h5,7,10,13-14,17,19H,6,8-9,11-12H2,1-4H3. The van der Waals surface area contributed by atoms with E-state index in [1.807, 2.05) is 19.5 Å². The summed E-state index contributed by atoms with van der Waals surface area (Å²) in [7, 11) is 1.82. The Kier molecular flexibility index (Phi) is 6.00. The summed E-state index contributed by atoms with van der Waals surface area (Å²) in [5.74, 6) is 1.30. The second-order valence-electron chi connectivity index (χ2n) is 6.52. The summed E-state index contributed by atoms with van der Waals surface area (Å²) in [5.41, 5.74) is 2.58. The van der Waals surface area contributed by atoms with Crippen molar-refractivity contribution in [2.75, 3.05) is 31.6 Å². The molecular weight excluding hydrogens is 262 g/mol. The Bertz CT molecular complexity index is 436. The third-order valence-electron chi connectivity index (χ3n) is 4.28. The molecule has 0 aromatic carbocycles. The maximum Gasteiger partial charge on any atom is 0.0772 e. The second kappa shape index (κ2) is 7.76. The molecule has 1 saturated heterocycles. The summed E-state index contributed by atoms with van der Waals surface area (Å²) in [6.45, 7) is 10.7. The van der Waals surface area contributed by atoms with Crippen molar-refractivity contribution < 1.29 is 4.74 Å². The lowest BCUT2D eigenvalue weighted by molar-refractivity contribution is 0.0498. The molecule has 0 aliphatic carbocycles. The zero-order valence-electron chi connectivity index (χ0n) is 13.8. The van der Waals surface area contributed by atoms with Crippen molar-refractivity contribution in [1.82, 2.24) is 10.3 Å². The minimum atomic E-state index is 0.323. The van der Waals surface area contributed by atoms with E-state index in [2.05, 4.69) is 42.0 Å². The van der Waals surface area contributed by atoms with Crippen molar-refractivity contribution >= 4 is 5.69 Å². The Morgan fingerprint density at radius 1 is 1.48 bits per heavy atom. The normalized spacial score (nSPS) is 22.8. The van der Waals surface area contributed by atoms with Gasteiger partial charge < -0.3 is 15.0 Å². The number of anilines is 1. The van der Waals surface area contributed by atoms with Crippen LogP contribution in [0.3, 0.4) is 0 Å². The van der Waals surface area contributed by atoms with Crippen molar-refractivity contribution in [2.24, 2.45) is 11.8 Å². The van der Waals surface area contributed by atoms with Crippen molar-refractivity contribution in [1.29, 1.82) is 0 Å². The lowest BCUT2D eigenvalue weighted by Crippen LogP contribution is -2.44. The summed E-state index contributed by atoms with van der Waals surface area (Å²) < 4.78 is 5.63. The number of nitrogens with zero attached hydrogens (tertiary/aromatic N) is 2. The molecule has 1 N–H and O–H groups in total. The summed E-state index contributed by atoms with van der Waals surface area (Å²) >= 11 is 0. The van der Waals surface area contributed by atoms with E-state index in [1.165, 1.54) is 17.7 Å². The molecule has 0 bridgehead atoms.